The van der Waals surface area contributed by atoms with Crippen LogP contribution in [0.1, 0.15) is 106 Å². The predicted octanol–water partition coefficient (Wildman–Crippen LogP) is 7.24. The number of nitrogens with zero attached hydrogens (tertiary/aromatic N) is 1. The Balaban J connectivity index is 3.85. The van der Waals surface area contributed by atoms with Gasteiger partial charge in [-0.1, -0.05) is 78.2 Å². The number of amides is 1. The van der Waals surface area contributed by atoms with Crippen LogP contribution in [-0.2, 0) is 4.79 Å². The molecular formula is C24H47NO. The Labute approximate surface area is 164 Å². The molecule has 0 bridgehead atoms. The summed E-state index contributed by atoms with van der Waals surface area (Å²) in [6, 6.07) is 0. The minimum atomic E-state index is 0.173. The first-order valence-electron chi connectivity index (χ1n) is 11.3. The highest BCUT2D eigenvalue weighted by Crippen LogP contribution is 2.22. The van der Waals surface area contributed by atoms with Gasteiger partial charge in [-0.25, -0.2) is 0 Å². The number of rotatable bonds is 15. The van der Waals surface area contributed by atoms with Crippen molar-refractivity contribution in [2.75, 3.05) is 13.1 Å². The standard InChI is InChI=1S/C24H47NO/c1-8-25(9-2)24(26)19-23(7)18-12-17-22(6)16-11-15-21(5)14-10-13-20(3)4/h19-22H,8-18H2,1-7H3. The van der Waals surface area contributed by atoms with Crippen LogP contribution < -0.4 is 0 Å². The molecule has 0 heterocycles. The third-order valence-corrected chi connectivity index (χ3v) is 5.59. The molecule has 0 rings (SSSR count). The van der Waals surface area contributed by atoms with Gasteiger partial charge in [-0.15, -0.1) is 0 Å². The van der Waals surface area contributed by atoms with Crippen molar-refractivity contribution in [2.24, 2.45) is 17.8 Å². The molecule has 0 aromatic rings. The summed E-state index contributed by atoms with van der Waals surface area (Å²) >= 11 is 0. The van der Waals surface area contributed by atoms with E-state index in [1.54, 1.807) is 0 Å². The van der Waals surface area contributed by atoms with Gasteiger partial charge in [0.15, 0.2) is 0 Å². The fourth-order valence-corrected chi connectivity index (χ4v) is 3.62. The lowest BCUT2D eigenvalue weighted by atomic mass is 9.91. The summed E-state index contributed by atoms with van der Waals surface area (Å²) in [6.07, 6.45) is 13.7. The Hall–Kier alpha value is -0.790. The molecular weight excluding hydrogens is 318 g/mol. The second-order valence-corrected chi connectivity index (χ2v) is 8.86. The van der Waals surface area contributed by atoms with Gasteiger partial charge < -0.3 is 4.90 Å². The minimum Gasteiger partial charge on any atom is -0.340 e. The van der Waals surface area contributed by atoms with Crippen LogP contribution >= 0.6 is 0 Å². The zero-order valence-corrected chi connectivity index (χ0v) is 18.9. The maximum absolute atomic E-state index is 12.1. The Morgan fingerprint density at radius 2 is 1.27 bits per heavy atom. The van der Waals surface area contributed by atoms with Crippen molar-refractivity contribution >= 4 is 5.91 Å². The third kappa shape index (κ3) is 13.4. The van der Waals surface area contributed by atoms with Gasteiger partial charge in [-0.3, -0.25) is 4.79 Å². The molecule has 0 aromatic heterocycles. The van der Waals surface area contributed by atoms with Crippen LogP contribution in [0.25, 0.3) is 0 Å². The molecule has 2 heteroatoms. The maximum Gasteiger partial charge on any atom is 0.246 e. The van der Waals surface area contributed by atoms with E-state index >= 15 is 0 Å². The SMILES string of the molecule is CCN(CC)C(=O)C=C(C)CCCC(C)CCCC(C)CCCC(C)C. The van der Waals surface area contributed by atoms with E-state index in [2.05, 4.69) is 34.6 Å². The van der Waals surface area contributed by atoms with Crippen molar-refractivity contribution in [2.45, 2.75) is 106 Å². The van der Waals surface area contributed by atoms with Gasteiger partial charge in [0.25, 0.3) is 0 Å². The summed E-state index contributed by atoms with van der Waals surface area (Å²) < 4.78 is 0. The summed E-state index contributed by atoms with van der Waals surface area (Å²) in [5, 5.41) is 0. The topological polar surface area (TPSA) is 20.3 Å². The molecule has 0 radical (unpaired) electrons. The monoisotopic (exact) mass is 365 g/mol. The van der Waals surface area contributed by atoms with Crippen LogP contribution in [-0.4, -0.2) is 23.9 Å². The number of likely N-dealkylation sites (N-methyl/N-ethyl adjacent to an activating group) is 1. The molecule has 0 aliphatic rings. The predicted molar refractivity (Wildman–Crippen MR) is 116 cm³/mol. The fraction of sp³-hybridized carbons (Fsp3) is 0.875. The van der Waals surface area contributed by atoms with E-state index in [9.17, 15) is 4.79 Å². The number of carbonyl (C=O) groups is 1. The summed E-state index contributed by atoms with van der Waals surface area (Å²) in [6.45, 7) is 17.2. The van der Waals surface area contributed by atoms with Crippen molar-refractivity contribution in [1.82, 2.24) is 4.90 Å². The number of carbonyl (C=O) groups excluding carboxylic acids is 1. The van der Waals surface area contributed by atoms with Crippen LogP contribution in [0, 0.1) is 17.8 Å². The minimum absolute atomic E-state index is 0.173. The number of allylic oxidation sites excluding steroid dienone is 1. The number of hydrogen-bond donors (Lipinski definition) is 0. The fourth-order valence-electron chi connectivity index (χ4n) is 3.62. The smallest absolute Gasteiger partial charge is 0.246 e. The molecule has 0 fully saturated rings. The molecule has 0 N–H and O–H groups in total. The summed E-state index contributed by atoms with van der Waals surface area (Å²) in [7, 11) is 0. The van der Waals surface area contributed by atoms with E-state index in [1.807, 2.05) is 24.8 Å². The largest absolute Gasteiger partial charge is 0.340 e. The molecule has 0 saturated heterocycles. The van der Waals surface area contributed by atoms with Crippen molar-refractivity contribution in [3.05, 3.63) is 11.6 Å². The quantitative estimate of drug-likeness (QED) is 0.280. The molecule has 2 nitrogen and oxygen atoms in total. The molecule has 0 aliphatic carbocycles. The normalized spacial score (nSPS) is 14.5. The third-order valence-electron chi connectivity index (χ3n) is 5.59. The first kappa shape index (κ1) is 25.2. The molecule has 0 saturated carbocycles. The highest BCUT2D eigenvalue weighted by molar-refractivity contribution is 5.88. The van der Waals surface area contributed by atoms with Gasteiger partial charge in [0, 0.05) is 19.2 Å². The Bertz CT molecular complexity index is 382. The molecule has 0 aliphatic heterocycles. The van der Waals surface area contributed by atoms with Gasteiger partial charge in [0.05, 0.1) is 0 Å². The highest BCUT2D eigenvalue weighted by Gasteiger charge is 2.08. The van der Waals surface area contributed by atoms with E-state index < -0.39 is 0 Å². The van der Waals surface area contributed by atoms with Gasteiger partial charge in [0.2, 0.25) is 5.91 Å². The van der Waals surface area contributed by atoms with Crippen LogP contribution in [0.4, 0.5) is 0 Å². The summed E-state index contributed by atoms with van der Waals surface area (Å²) in [5.74, 6) is 2.72. The lowest BCUT2D eigenvalue weighted by Crippen LogP contribution is -2.28. The molecule has 26 heavy (non-hydrogen) atoms. The average Bonchev–Trinajstić information content (AvgIpc) is 2.55. The lowest BCUT2D eigenvalue weighted by Gasteiger charge is -2.17. The molecule has 1 amide bonds. The van der Waals surface area contributed by atoms with Gasteiger partial charge in [-0.2, -0.15) is 0 Å². The Kier molecular flexibility index (Phi) is 14.8. The van der Waals surface area contributed by atoms with Crippen LogP contribution in [0.15, 0.2) is 11.6 Å². The second kappa shape index (κ2) is 15.3. The maximum atomic E-state index is 12.1. The van der Waals surface area contributed by atoms with Crippen molar-refractivity contribution < 1.29 is 4.79 Å². The van der Waals surface area contributed by atoms with E-state index in [-0.39, 0.29) is 5.91 Å². The molecule has 2 atom stereocenters. The Morgan fingerprint density at radius 3 is 1.73 bits per heavy atom. The van der Waals surface area contributed by atoms with E-state index in [0.717, 1.165) is 37.3 Å². The van der Waals surface area contributed by atoms with Crippen LogP contribution in [0.3, 0.4) is 0 Å². The van der Waals surface area contributed by atoms with E-state index in [1.165, 1.54) is 56.9 Å². The molecule has 0 spiro atoms. The van der Waals surface area contributed by atoms with Crippen LogP contribution in [0.2, 0.25) is 0 Å². The zero-order chi connectivity index (χ0) is 19.9. The van der Waals surface area contributed by atoms with Crippen molar-refractivity contribution in [1.29, 1.82) is 0 Å². The summed E-state index contributed by atoms with van der Waals surface area (Å²) in [4.78, 5) is 14.0. The highest BCUT2D eigenvalue weighted by atomic mass is 16.2. The van der Waals surface area contributed by atoms with E-state index in [0.29, 0.717) is 0 Å². The second-order valence-electron chi connectivity index (χ2n) is 8.86. The first-order chi connectivity index (χ1) is 12.3. The molecule has 2 unspecified atom stereocenters. The Morgan fingerprint density at radius 1 is 0.808 bits per heavy atom. The average molecular weight is 366 g/mol. The lowest BCUT2D eigenvalue weighted by molar-refractivity contribution is -0.125. The first-order valence-corrected chi connectivity index (χ1v) is 11.3. The van der Waals surface area contributed by atoms with Crippen molar-refractivity contribution in [3.8, 4) is 0 Å². The molecule has 154 valence electrons. The van der Waals surface area contributed by atoms with Gasteiger partial charge >= 0.3 is 0 Å². The molecule has 0 aromatic carbocycles. The van der Waals surface area contributed by atoms with Gasteiger partial charge in [-0.05, 0) is 51.4 Å². The zero-order valence-electron chi connectivity index (χ0n) is 18.9. The van der Waals surface area contributed by atoms with Crippen molar-refractivity contribution in [3.63, 3.8) is 0 Å². The van der Waals surface area contributed by atoms with E-state index in [4.69, 9.17) is 0 Å². The number of hydrogen-bond acceptors (Lipinski definition) is 1. The van der Waals surface area contributed by atoms with Crippen LogP contribution in [0.5, 0.6) is 0 Å². The van der Waals surface area contributed by atoms with Gasteiger partial charge in [0.1, 0.15) is 0 Å². The summed E-state index contributed by atoms with van der Waals surface area (Å²) in [5.41, 5.74) is 1.23.